The Kier molecular flexibility index (Phi) is 4.50. The largest absolute Gasteiger partial charge is 0.314 e. The van der Waals surface area contributed by atoms with E-state index in [9.17, 15) is 4.79 Å². The fraction of sp³-hybridized carbons (Fsp3) is 0.533. The van der Waals surface area contributed by atoms with Crippen LogP contribution in [0.4, 0.5) is 0 Å². The fourth-order valence-electron chi connectivity index (χ4n) is 2.58. The first-order valence-corrected chi connectivity index (χ1v) is 6.76. The number of aryl methyl sites for hydroxylation is 1. The van der Waals surface area contributed by atoms with Gasteiger partial charge in [0.2, 0.25) is 0 Å². The standard InChI is InChI=1S/C15H22N2O/c1-3-13-4-6-14(7-5-13)15(12(2)18)17-10-8-16-9-11-17/h4-7,15-16H,3,8-11H2,1-2H3. The number of nitrogens with zero attached hydrogens (tertiary/aromatic N) is 1. The summed E-state index contributed by atoms with van der Waals surface area (Å²) in [7, 11) is 0. The molecule has 1 aromatic carbocycles. The predicted molar refractivity (Wildman–Crippen MR) is 73.7 cm³/mol. The van der Waals surface area contributed by atoms with Crippen LogP contribution in [0, 0.1) is 0 Å². The van der Waals surface area contributed by atoms with Crippen molar-refractivity contribution in [3.63, 3.8) is 0 Å². The van der Waals surface area contributed by atoms with E-state index in [1.165, 1.54) is 5.56 Å². The number of rotatable bonds is 4. The molecule has 0 radical (unpaired) electrons. The van der Waals surface area contributed by atoms with Gasteiger partial charge in [-0.2, -0.15) is 0 Å². The summed E-state index contributed by atoms with van der Waals surface area (Å²) in [4.78, 5) is 14.2. The number of hydrogen-bond donors (Lipinski definition) is 1. The minimum atomic E-state index is -0.0713. The van der Waals surface area contributed by atoms with Gasteiger partial charge in [-0.3, -0.25) is 9.69 Å². The van der Waals surface area contributed by atoms with Crippen molar-refractivity contribution < 1.29 is 4.79 Å². The highest BCUT2D eigenvalue weighted by atomic mass is 16.1. The molecule has 1 aliphatic heterocycles. The molecule has 3 nitrogen and oxygen atoms in total. The van der Waals surface area contributed by atoms with E-state index in [-0.39, 0.29) is 11.8 Å². The normalized spacial score (nSPS) is 18.6. The van der Waals surface area contributed by atoms with E-state index in [4.69, 9.17) is 0 Å². The number of carbonyl (C=O) groups excluding carboxylic acids is 1. The lowest BCUT2D eigenvalue weighted by Gasteiger charge is -2.33. The Morgan fingerprint density at radius 2 is 1.89 bits per heavy atom. The summed E-state index contributed by atoms with van der Waals surface area (Å²) in [6.45, 7) is 7.67. The zero-order valence-corrected chi connectivity index (χ0v) is 11.3. The summed E-state index contributed by atoms with van der Waals surface area (Å²) in [5.41, 5.74) is 2.45. The Morgan fingerprint density at radius 1 is 1.28 bits per heavy atom. The molecule has 1 atom stereocenters. The minimum Gasteiger partial charge on any atom is -0.314 e. The van der Waals surface area contributed by atoms with Crippen molar-refractivity contribution in [2.24, 2.45) is 0 Å². The third-order valence-electron chi connectivity index (χ3n) is 3.61. The van der Waals surface area contributed by atoms with Crippen molar-refractivity contribution in [2.45, 2.75) is 26.3 Å². The monoisotopic (exact) mass is 246 g/mol. The van der Waals surface area contributed by atoms with E-state index < -0.39 is 0 Å². The SMILES string of the molecule is CCc1ccc(C(C(C)=O)N2CCNCC2)cc1. The minimum absolute atomic E-state index is 0.0713. The number of benzene rings is 1. The van der Waals surface area contributed by atoms with Crippen LogP contribution in [0.5, 0.6) is 0 Å². The molecule has 0 aliphatic carbocycles. The average molecular weight is 246 g/mol. The summed E-state index contributed by atoms with van der Waals surface area (Å²) < 4.78 is 0. The molecule has 0 amide bonds. The lowest BCUT2D eigenvalue weighted by molar-refractivity contribution is -0.122. The Morgan fingerprint density at radius 3 is 2.39 bits per heavy atom. The quantitative estimate of drug-likeness (QED) is 0.879. The maximum atomic E-state index is 11.9. The van der Waals surface area contributed by atoms with Gasteiger partial charge >= 0.3 is 0 Å². The number of hydrogen-bond acceptors (Lipinski definition) is 3. The smallest absolute Gasteiger partial charge is 0.151 e. The molecule has 1 aromatic rings. The molecule has 98 valence electrons. The van der Waals surface area contributed by atoms with Gasteiger partial charge in [0.05, 0.1) is 6.04 Å². The second-order valence-electron chi connectivity index (χ2n) is 4.89. The second-order valence-corrected chi connectivity index (χ2v) is 4.89. The van der Waals surface area contributed by atoms with Crippen molar-refractivity contribution in [1.29, 1.82) is 0 Å². The van der Waals surface area contributed by atoms with Crippen LogP contribution < -0.4 is 5.32 Å². The molecule has 1 heterocycles. The maximum absolute atomic E-state index is 11.9. The average Bonchev–Trinajstić information content (AvgIpc) is 2.40. The second kappa shape index (κ2) is 6.12. The Labute approximate surface area is 109 Å². The van der Waals surface area contributed by atoms with Crippen LogP contribution in [0.25, 0.3) is 0 Å². The lowest BCUT2D eigenvalue weighted by atomic mass is 9.99. The van der Waals surface area contributed by atoms with Gasteiger partial charge in [0, 0.05) is 26.2 Å². The van der Waals surface area contributed by atoms with E-state index in [0.717, 1.165) is 38.2 Å². The van der Waals surface area contributed by atoms with Gasteiger partial charge in [-0.05, 0) is 24.5 Å². The maximum Gasteiger partial charge on any atom is 0.151 e. The van der Waals surface area contributed by atoms with Gasteiger partial charge in [-0.25, -0.2) is 0 Å². The molecule has 1 unspecified atom stereocenters. The van der Waals surface area contributed by atoms with Gasteiger partial charge in [0.1, 0.15) is 0 Å². The van der Waals surface area contributed by atoms with E-state index in [1.54, 1.807) is 6.92 Å². The molecule has 2 rings (SSSR count). The van der Waals surface area contributed by atoms with Crippen molar-refractivity contribution in [1.82, 2.24) is 10.2 Å². The highest BCUT2D eigenvalue weighted by Crippen LogP contribution is 2.22. The van der Waals surface area contributed by atoms with Crippen molar-refractivity contribution in [3.05, 3.63) is 35.4 Å². The number of piperazine rings is 1. The first-order chi connectivity index (χ1) is 8.72. The molecule has 1 N–H and O–H groups in total. The zero-order chi connectivity index (χ0) is 13.0. The van der Waals surface area contributed by atoms with Gasteiger partial charge < -0.3 is 5.32 Å². The first-order valence-electron chi connectivity index (χ1n) is 6.76. The fourth-order valence-corrected chi connectivity index (χ4v) is 2.58. The van der Waals surface area contributed by atoms with E-state index >= 15 is 0 Å². The van der Waals surface area contributed by atoms with Crippen molar-refractivity contribution in [2.75, 3.05) is 26.2 Å². The molecule has 1 aliphatic rings. The van der Waals surface area contributed by atoms with Crippen LogP contribution in [0.3, 0.4) is 0 Å². The molecule has 1 fully saturated rings. The topological polar surface area (TPSA) is 32.3 Å². The van der Waals surface area contributed by atoms with Crippen molar-refractivity contribution in [3.8, 4) is 0 Å². The molecule has 3 heteroatoms. The Bertz CT molecular complexity index is 393. The summed E-state index contributed by atoms with van der Waals surface area (Å²) >= 11 is 0. The number of carbonyl (C=O) groups is 1. The molecule has 1 saturated heterocycles. The lowest BCUT2D eigenvalue weighted by Crippen LogP contribution is -2.46. The summed E-state index contributed by atoms with van der Waals surface area (Å²) in [6.07, 6.45) is 1.04. The van der Waals surface area contributed by atoms with Crippen LogP contribution in [0.2, 0.25) is 0 Å². The zero-order valence-electron chi connectivity index (χ0n) is 11.3. The van der Waals surface area contributed by atoms with E-state index in [0.29, 0.717) is 0 Å². The van der Waals surface area contributed by atoms with E-state index in [1.807, 2.05) is 0 Å². The molecule has 0 aromatic heterocycles. The van der Waals surface area contributed by atoms with Crippen LogP contribution in [-0.2, 0) is 11.2 Å². The Hall–Kier alpha value is -1.19. The first kappa shape index (κ1) is 13.2. The third-order valence-corrected chi connectivity index (χ3v) is 3.61. The Balaban J connectivity index is 2.20. The number of Topliss-reactive ketones (excluding diaryl/α,β-unsaturated/α-hetero) is 1. The molecular weight excluding hydrogens is 224 g/mol. The molecule has 0 bridgehead atoms. The summed E-state index contributed by atoms with van der Waals surface area (Å²) in [6, 6.07) is 8.40. The van der Waals surface area contributed by atoms with Crippen LogP contribution in [0.15, 0.2) is 24.3 Å². The molecular formula is C15H22N2O. The molecule has 0 saturated carbocycles. The predicted octanol–water partition coefficient (Wildman–Crippen LogP) is 1.78. The van der Waals surface area contributed by atoms with Crippen LogP contribution in [-0.4, -0.2) is 36.9 Å². The van der Waals surface area contributed by atoms with Crippen LogP contribution in [0.1, 0.15) is 31.0 Å². The van der Waals surface area contributed by atoms with Crippen LogP contribution >= 0.6 is 0 Å². The molecule has 18 heavy (non-hydrogen) atoms. The number of nitrogens with one attached hydrogen (secondary N) is 1. The highest BCUT2D eigenvalue weighted by Gasteiger charge is 2.25. The van der Waals surface area contributed by atoms with E-state index in [2.05, 4.69) is 41.4 Å². The van der Waals surface area contributed by atoms with Gasteiger partial charge in [-0.1, -0.05) is 31.2 Å². The number of ketones is 1. The van der Waals surface area contributed by atoms with Crippen molar-refractivity contribution >= 4 is 5.78 Å². The summed E-state index contributed by atoms with van der Waals surface area (Å²) in [5, 5.41) is 3.33. The highest BCUT2D eigenvalue weighted by molar-refractivity contribution is 5.83. The van der Waals surface area contributed by atoms with Gasteiger partial charge in [-0.15, -0.1) is 0 Å². The van der Waals surface area contributed by atoms with Gasteiger partial charge in [0.15, 0.2) is 5.78 Å². The third kappa shape index (κ3) is 2.98. The summed E-state index contributed by atoms with van der Waals surface area (Å²) in [5.74, 6) is 0.237. The molecule has 0 spiro atoms. The van der Waals surface area contributed by atoms with Gasteiger partial charge in [0.25, 0.3) is 0 Å².